The highest BCUT2D eigenvalue weighted by atomic mass is 14.2. The minimum absolute atomic E-state index is 0.767. The molecule has 0 nitrogen and oxygen atoms in total. The van der Waals surface area contributed by atoms with Crippen molar-refractivity contribution in [2.75, 3.05) is 0 Å². The second-order valence-electron chi connectivity index (χ2n) is 5.43. The Morgan fingerprint density at radius 2 is 1.82 bits per heavy atom. The van der Waals surface area contributed by atoms with Gasteiger partial charge in [0.25, 0.3) is 0 Å². The van der Waals surface area contributed by atoms with E-state index in [1.54, 1.807) is 5.57 Å². The van der Waals surface area contributed by atoms with Gasteiger partial charge in [-0.25, -0.2) is 0 Å². The predicted molar refractivity (Wildman–Crippen MR) is 80.3 cm³/mol. The van der Waals surface area contributed by atoms with Crippen molar-refractivity contribution < 1.29 is 0 Å². The summed E-state index contributed by atoms with van der Waals surface area (Å²) >= 11 is 0. The average molecular weight is 236 g/mol. The lowest BCUT2D eigenvalue weighted by molar-refractivity contribution is 0.540. The molecule has 1 aliphatic rings. The summed E-state index contributed by atoms with van der Waals surface area (Å²) in [5.74, 6) is 0.767. The van der Waals surface area contributed by atoms with Crippen molar-refractivity contribution in [3.63, 3.8) is 0 Å². The molecule has 0 N–H and O–H groups in total. The first-order valence-corrected chi connectivity index (χ1v) is 7.42. The second-order valence-corrected chi connectivity index (χ2v) is 5.43. The largest absolute Gasteiger partial charge is 0.0998 e. The van der Waals surface area contributed by atoms with E-state index in [-0.39, 0.29) is 0 Å². The van der Waals surface area contributed by atoms with Gasteiger partial charge in [-0.1, -0.05) is 69.8 Å². The van der Waals surface area contributed by atoms with Gasteiger partial charge in [0.05, 0.1) is 0 Å². The highest BCUT2D eigenvalue weighted by molar-refractivity contribution is 5.09. The molecule has 0 heteroatoms. The first-order valence-electron chi connectivity index (χ1n) is 7.42. The van der Waals surface area contributed by atoms with E-state index in [1.165, 1.54) is 56.9 Å². The van der Waals surface area contributed by atoms with Crippen LogP contribution in [0.5, 0.6) is 0 Å². The van der Waals surface area contributed by atoms with E-state index in [0.29, 0.717) is 0 Å². The van der Waals surface area contributed by atoms with Crippen LogP contribution in [-0.2, 0) is 0 Å². The summed E-state index contributed by atoms with van der Waals surface area (Å²) in [6, 6.07) is 0. The van der Waals surface area contributed by atoms with E-state index in [9.17, 15) is 0 Å². The smallest absolute Gasteiger partial charge is 0.0171 e. The van der Waals surface area contributed by atoms with Gasteiger partial charge >= 0.3 is 0 Å². The van der Waals surface area contributed by atoms with E-state index in [1.807, 2.05) is 0 Å². The summed E-state index contributed by atoms with van der Waals surface area (Å²) in [6.45, 7) is 12.8. The van der Waals surface area contributed by atoms with Crippen molar-refractivity contribution in [2.45, 2.75) is 79.1 Å². The fourth-order valence-corrected chi connectivity index (χ4v) is 2.09. The Bertz CT molecular complexity index is 218. The maximum atomic E-state index is 3.97. The molecule has 1 unspecified atom stereocenters. The van der Waals surface area contributed by atoms with Crippen LogP contribution in [0.2, 0.25) is 0 Å². The quantitative estimate of drug-likeness (QED) is 0.389. The molecule has 0 aliphatic heterocycles. The number of hydrogen-bond acceptors (Lipinski definition) is 0. The number of allylic oxidation sites excluding steroid dienone is 3. The standard InChI is InChI=1S/C10H16.C7H16/c1-8(2)10-6-4-9(3)5-7-10;1-3-5-7-6-4-2/h4,10H,1,5-7H2,2-3H3;3-7H2,1-2H3. The summed E-state index contributed by atoms with van der Waals surface area (Å²) in [5.41, 5.74) is 2.90. The molecule has 0 amide bonds. The molecule has 0 aromatic rings. The van der Waals surface area contributed by atoms with Gasteiger partial charge in [0.15, 0.2) is 0 Å². The third-order valence-electron chi connectivity index (χ3n) is 3.54. The fourth-order valence-electron chi connectivity index (χ4n) is 2.09. The summed E-state index contributed by atoms with van der Waals surface area (Å²) in [5, 5.41) is 0. The Labute approximate surface area is 109 Å². The molecule has 0 heterocycles. The zero-order valence-electron chi connectivity index (χ0n) is 12.5. The van der Waals surface area contributed by atoms with E-state index in [4.69, 9.17) is 0 Å². The lowest BCUT2D eigenvalue weighted by Gasteiger charge is -2.19. The van der Waals surface area contributed by atoms with Crippen LogP contribution in [-0.4, -0.2) is 0 Å². The molecule has 1 rings (SSSR count). The molecule has 0 aromatic heterocycles. The van der Waals surface area contributed by atoms with Crippen LogP contribution in [0.4, 0.5) is 0 Å². The summed E-state index contributed by atoms with van der Waals surface area (Å²) < 4.78 is 0. The van der Waals surface area contributed by atoms with Gasteiger partial charge in [-0.3, -0.25) is 0 Å². The third-order valence-corrected chi connectivity index (χ3v) is 3.54. The van der Waals surface area contributed by atoms with Crippen molar-refractivity contribution in [1.82, 2.24) is 0 Å². The molecule has 0 saturated heterocycles. The molecule has 0 radical (unpaired) electrons. The number of unbranched alkanes of at least 4 members (excludes halogenated alkanes) is 4. The topological polar surface area (TPSA) is 0 Å². The van der Waals surface area contributed by atoms with Crippen LogP contribution in [0.1, 0.15) is 79.1 Å². The van der Waals surface area contributed by atoms with Gasteiger partial charge in [-0.2, -0.15) is 0 Å². The Balaban J connectivity index is 0.000000325. The zero-order chi connectivity index (χ0) is 13.1. The van der Waals surface area contributed by atoms with Gasteiger partial charge in [0.1, 0.15) is 0 Å². The van der Waals surface area contributed by atoms with Crippen LogP contribution < -0.4 is 0 Å². The molecule has 1 atom stereocenters. The first kappa shape index (κ1) is 16.5. The fraction of sp³-hybridized carbons (Fsp3) is 0.765. The van der Waals surface area contributed by atoms with Gasteiger partial charge in [-0.05, 0) is 39.0 Å². The maximum Gasteiger partial charge on any atom is -0.0171 e. The molecular weight excluding hydrogens is 204 g/mol. The monoisotopic (exact) mass is 236 g/mol. The third kappa shape index (κ3) is 9.21. The van der Waals surface area contributed by atoms with Crippen LogP contribution in [0.15, 0.2) is 23.8 Å². The van der Waals surface area contributed by atoms with Crippen molar-refractivity contribution in [1.29, 1.82) is 0 Å². The summed E-state index contributed by atoms with van der Waals surface area (Å²) in [6.07, 6.45) is 13.2. The zero-order valence-corrected chi connectivity index (χ0v) is 12.5. The van der Waals surface area contributed by atoms with E-state index in [0.717, 1.165) is 5.92 Å². The molecule has 0 aromatic carbocycles. The van der Waals surface area contributed by atoms with E-state index >= 15 is 0 Å². The number of rotatable bonds is 5. The number of hydrogen-bond donors (Lipinski definition) is 0. The van der Waals surface area contributed by atoms with Gasteiger partial charge in [0, 0.05) is 0 Å². The van der Waals surface area contributed by atoms with Gasteiger partial charge in [0.2, 0.25) is 0 Å². The van der Waals surface area contributed by atoms with Gasteiger partial charge < -0.3 is 0 Å². The maximum absolute atomic E-state index is 3.97. The average Bonchev–Trinajstić information content (AvgIpc) is 2.31. The molecule has 17 heavy (non-hydrogen) atoms. The van der Waals surface area contributed by atoms with Crippen molar-refractivity contribution in [3.05, 3.63) is 23.8 Å². The molecule has 0 bridgehead atoms. The molecular formula is C17H32. The predicted octanol–water partition coefficient (Wildman–Crippen LogP) is 6.29. The molecule has 0 saturated carbocycles. The summed E-state index contributed by atoms with van der Waals surface area (Å²) in [4.78, 5) is 0. The summed E-state index contributed by atoms with van der Waals surface area (Å²) in [7, 11) is 0. The minimum Gasteiger partial charge on any atom is -0.0998 e. The molecule has 1 aliphatic carbocycles. The van der Waals surface area contributed by atoms with Crippen LogP contribution >= 0.6 is 0 Å². The van der Waals surface area contributed by atoms with Crippen molar-refractivity contribution in [2.24, 2.45) is 5.92 Å². The van der Waals surface area contributed by atoms with Crippen LogP contribution in [0.25, 0.3) is 0 Å². The van der Waals surface area contributed by atoms with Crippen LogP contribution in [0.3, 0.4) is 0 Å². The van der Waals surface area contributed by atoms with Crippen molar-refractivity contribution >= 4 is 0 Å². The Kier molecular flexibility index (Phi) is 10.3. The Morgan fingerprint density at radius 1 is 1.24 bits per heavy atom. The lowest BCUT2D eigenvalue weighted by Crippen LogP contribution is -2.04. The van der Waals surface area contributed by atoms with Gasteiger partial charge in [-0.15, -0.1) is 0 Å². The van der Waals surface area contributed by atoms with E-state index < -0.39 is 0 Å². The highest BCUT2D eigenvalue weighted by Gasteiger charge is 2.11. The van der Waals surface area contributed by atoms with Crippen LogP contribution in [0, 0.1) is 5.92 Å². The molecule has 100 valence electrons. The Hall–Kier alpha value is -0.520. The normalized spacial score (nSPS) is 19.1. The lowest BCUT2D eigenvalue weighted by atomic mass is 9.86. The highest BCUT2D eigenvalue weighted by Crippen LogP contribution is 2.27. The second kappa shape index (κ2) is 10.6. The first-order chi connectivity index (χ1) is 8.11. The molecule has 0 spiro atoms. The van der Waals surface area contributed by atoms with Crippen molar-refractivity contribution in [3.8, 4) is 0 Å². The Morgan fingerprint density at radius 3 is 2.18 bits per heavy atom. The minimum atomic E-state index is 0.767. The molecule has 0 fully saturated rings. The van der Waals surface area contributed by atoms with E-state index in [2.05, 4.69) is 40.3 Å². The SMILES string of the molecule is C=C(C)C1CC=C(C)CC1.CCCCCCC.